The molecule has 0 spiro atoms. The monoisotopic (exact) mass is 797 g/mol. The maximum absolute atomic E-state index is 13.9. The number of carbonyl (C=O) groups is 3. The highest BCUT2D eigenvalue weighted by Crippen LogP contribution is 2.38. The Morgan fingerprint density at radius 3 is 2.37 bits per heavy atom. The van der Waals surface area contributed by atoms with Gasteiger partial charge in [-0.05, 0) is 49.9 Å². The molecular formula is C31H33ClF5N5O8S2. The van der Waals surface area contributed by atoms with Crippen molar-refractivity contribution < 1.29 is 59.1 Å². The second-order valence-corrected chi connectivity index (χ2v) is 15.4. The number of carbonyl (C=O) groups excluding carboxylic acids is 2. The third-order valence-corrected chi connectivity index (χ3v) is 11.1. The molecule has 4 heterocycles. The summed E-state index contributed by atoms with van der Waals surface area (Å²) < 4.78 is 100. The van der Waals surface area contributed by atoms with Gasteiger partial charge in [-0.25, -0.2) is 13.2 Å². The quantitative estimate of drug-likeness (QED) is 0.253. The second-order valence-electron chi connectivity index (χ2n) is 12.0. The number of thiophene rings is 1. The Labute approximate surface area is 303 Å². The van der Waals surface area contributed by atoms with Crippen molar-refractivity contribution >= 4 is 56.4 Å². The molecule has 1 aromatic carbocycles. The molecule has 2 amide bonds. The van der Waals surface area contributed by atoms with Gasteiger partial charge in [0, 0.05) is 57.7 Å². The van der Waals surface area contributed by atoms with E-state index in [0.717, 1.165) is 18.9 Å². The van der Waals surface area contributed by atoms with Crippen LogP contribution in [0.2, 0.25) is 4.34 Å². The van der Waals surface area contributed by atoms with Crippen molar-refractivity contribution in [3.63, 3.8) is 0 Å². The zero-order valence-electron chi connectivity index (χ0n) is 27.2. The lowest BCUT2D eigenvalue weighted by Crippen LogP contribution is -2.55. The number of carboxylic acid groups (broad SMARTS) is 1. The fourth-order valence-electron chi connectivity index (χ4n) is 5.77. The van der Waals surface area contributed by atoms with Crippen molar-refractivity contribution in [2.45, 2.75) is 68.3 Å². The fourth-order valence-corrected chi connectivity index (χ4v) is 8.11. The Hall–Kier alpha value is -3.85. The zero-order chi connectivity index (χ0) is 37.8. The molecule has 3 aliphatic rings. The number of hydrogen-bond acceptors (Lipinski definition) is 10. The standard InChI is InChI=1S/C29H32ClF2N5O6S2.C2HF3O2/c30-25-10-9-23(44-25)22-17-18(33-43-22)16-20(28(39)36-14-12-35(13-15-36)19-7-8-19)34-45(40,41)24-5-3-4-21(27(24)42-29(31)32)37-11-2-1-6-26(37)38;3-2(4,5)1(6)7/h3-5,9-10,17,19-20,29,34H,1-2,6-8,11-16H2;(H,6,7)/t20-;/m0./s1. The van der Waals surface area contributed by atoms with Gasteiger partial charge in [0.15, 0.2) is 11.5 Å². The molecule has 3 aromatic rings. The third kappa shape index (κ3) is 9.97. The van der Waals surface area contributed by atoms with Crippen LogP contribution in [-0.2, 0) is 30.8 Å². The van der Waals surface area contributed by atoms with Crippen LogP contribution >= 0.6 is 22.9 Å². The molecule has 2 N–H and O–H groups in total. The van der Waals surface area contributed by atoms with E-state index in [-0.39, 0.29) is 31.0 Å². The molecule has 21 heteroatoms. The minimum absolute atomic E-state index is 0.0716. The number of anilines is 1. The molecule has 3 fully saturated rings. The largest absolute Gasteiger partial charge is 0.490 e. The van der Waals surface area contributed by atoms with E-state index in [1.165, 1.54) is 28.4 Å². The van der Waals surface area contributed by atoms with Gasteiger partial charge in [0.25, 0.3) is 0 Å². The first-order valence-electron chi connectivity index (χ1n) is 16.0. The molecule has 0 unspecified atom stereocenters. The summed E-state index contributed by atoms with van der Waals surface area (Å²) >= 11 is 7.33. The van der Waals surface area contributed by atoms with Crippen LogP contribution < -0.4 is 14.4 Å². The van der Waals surface area contributed by atoms with Crippen LogP contribution in [0.5, 0.6) is 5.75 Å². The maximum Gasteiger partial charge on any atom is 0.490 e. The number of nitrogens with zero attached hydrogens (tertiary/aromatic N) is 4. The van der Waals surface area contributed by atoms with Crippen molar-refractivity contribution in [3.05, 3.63) is 46.4 Å². The number of aliphatic carboxylic acids is 1. The molecule has 1 aliphatic carbocycles. The highest BCUT2D eigenvalue weighted by Gasteiger charge is 2.39. The van der Waals surface area contributed by atoms with E-state index in [1.54, 1.807) is 23.1 Å². The summed E-state index contributed by atoms with van der Waals surface area (Å²) in [6, 6.07) is 8.10. The minimum atomic E-state index is -5.08. The van der Waals surface area contributed by atoms with Crippen molar-refractivity contribution in [3.8, 4) is 16.4 Å². The molecule has 1 atom stereocenters. The molecule has 6 rings (SSSR count). The molecule has 52 heavy (non-hydrogen) atoms. The highest BCUT2D eigenvalue weighted by atomic mass is 35.5. The van der Waals surface area contributed by atoms with Gasteiger partial charge in [-0.3, -0.25) is 14.5 Å². The number of halogens is 6. The topological polar surface area (TPSA) is 163 Å². The van der Waals surface area contributed by atoms with Gasteiger partial charge in [0.2, 0.25) is 21.8 Å². The van der Waals surface area contributed by atoms with Crippen molar-refractivity contribution in [1.82, 2.24) is 19.7 Å². The number of piperidine rings is 1. The number of hydrogen-bond donors (Lipinski definition) is 2. The fraction of sp³-hybridized carbons (Fsp3) is 0.484. The van der Waals surface area contributed by atoms with Crippen LogP contribution in [0.1, 0.15) is 37.8 Å². The normalized spacial score (nSPS) is 17.9. The Morgan fingerprint density at radius 2 is 1.79 bits per heavy atom. The summed E-state index contributed by atoms with van der Waals surface area (Å²) in [6.45, 7) is -0.967. The van der Waals surface area contributed by atoms with Gasteiger partial charge in [0.05, 0.1) is 20.6 Å². The van der Waals surface area contributed by atoms with E-state index in [0.29, 0.717) is 65.7 Å². The smallest absolute Gasteiger partial charge is 0.475 e. The number of ether oxygens (including phenoxy) is 1. The maximum atomic E-state index is 13.9. The van der Waals surface area contributed by atoms with E-state index in [1.807, 2.05) is 0 Å². The molecular weight excluding hydrogens is 765 g/mol. The van der Waals surface area contributed by atoms with Gasteiger partial charge >= 0.3 is 18.8 Å². The first-order chi connectivity index (χ1) is 24.5. The number of sulfonamides is 1. The zero-order valence-corrected chi connectivity index (χ0v) is 29.5. The van der Waals surface area contributed by atoms with Crippen LogP contribution in [0.4, 0.5) is 27.6 Å². The lowest BCUT2D eigenvalue weighted by Gasteiger charge is -2.36. The molecule has 2 saturated heterocycles. The average Bonchev–Trinajstić information content (AvgIpc) is 3.68. The summed E-state index contributed by atoms with van der Waals surface area (Å²) in [4.78, 5) is 40.7. The number of alkyl halides is 5. The van der Waals surface area contributed by atoms with Crippen LogP contribution in [0.15, 0.2) is 45.8 Å². The molecule has 0 radical (unpaired) electrons. The Morgan fingerprint density at radius 1 is 1.10 bits per heavy atom. The molecule has 284 valence electrons. The lowest BCUT2D eigenvalue weighted by atomic mass is 10.1. The number of aromatic nitrogens is 1. The van der Waals surface area contributed by atoms with Gasteiger partial charge in [-0.15, -0.1) is 11.3 Å². The number of nitrogens with one attached hydrogen (secondary N) is 1. The van der Waals surface area contributed by atoms with E-state index >= 15 is 0 Å². The predicted molar refractivity (Wildman–Crippen MR) is 177 cm³/mol. The molecule has 2 aliphatic heterocycles. The van der Waals surface area contributed by atoms with E-state index < -0.39 is 51.4 Å². The second kappa shape index (κ2) is 16.4. The summed E-state index contributed by atoms with van der Waals surface area (Å²) in [5.41, 5.74) is 0.238. The van der Waals surface area contributed by atoms with Crippen LogP contribution in [-0.4, -0.2) is 104 Å². The average molecular weight is 798 g/mol. The number of benzene rings is 1. The van der Waals surface area contributed by atoms with Crippen LogP contribution in [0.3, 0.4) is 0 Å². The molecule has 1 saturated carbocycles. The first kappa shape index (κ1) is 39.4. The predicted octanol–water partition coefficient (Wildman–Crippen LogP) is 5.00. The SMILES string of the molecule is O=C(O)C(F)(F)F.O=C([C@H](Cc1cc(-c2ccc(Cl)s2)on1)NS(=O)(=O)c1cccc(N2CCCCC2=O)c1OC(F)F)N1CCN(C2CC2)CC1. The number of amides is 2. The number of piperazine rings is 1. The molecule has 0 bridgehead atoms. The van der Waals surface area contributed by atoms with Crippen molar-refractivity contribution in [2.75, 3.05) is 37.6 Å². The molecule has 2 aromatic heterocycles. The number of carboxylic acids is 1. The van der Waals surface area contributed by atoms with Gasteiger partial charge in [-0.1, -0.05) is 22.8 Å². The van der Waals surface area contributed by atoms with Gasteiger partial charge < -0.3 is 24.2 Å². The Bertz CT molecular complexity index is 1860. The van der Waals surface area contributed by atoms with Gasteiger partial charge in [0.1, 0.15) is 10.9 Å². The van der Waals surface area contributed by atoms with Crippen molar-refractivity contribution in [2.24, 2.45) is 0 Å². The third-order valence-electron chi connectivity index (χ3n) is 8.38. The van der Waals surface area contributed by atoms with E-state index in [2.05, 4.69) is 14.8 Å². The van der Waals surface area contributed by atoms with Crippen LogP contribution in [0, 0.1) is 0 Å². The van der Waals surface area contributed by atoms with E-state index in [9.17, 15) is 40.0 Å². The highest BCUT2D eigenvalue weighted by molar-refractivity contribution is 7.89. The Balaban J connectivity index is 0.000000679. The van der Waals surface area contributed by atoms with Crippen molar-refractivity contribution in [1.29, 1.82) is 0 Å². The van der Waals surface area contributed by atoms with E-state index in [4.69, 9.17) is 30.8 Å². The summed E-state index contributed by atoms with van der Waals surface area (Å²) in [5, 5.41) is 11.2. The Kier molecular flexibility index (Phi) is 12.4. The summed E-state index contributed by atoms with van der Waals surface area (Å²) in [6.07, 6.45) is -1.53. The first-order valence-corrected chi connectivity index (χ1v) is 18.7. The minimum Gasteiger partial charge on any atom is -0.475 e. The molecule has 13 nitrogen and oxygen atoms in total. The summed E-state index contributed by atoms with van der Waals surface area (Å²) in [7, 11) is -4.65. The van der Waals surface area contributed by atoms with Gasteiger partial charge in [-0.2, -0.15) is 26.7 Å². The van der Waals surface area contributed by atoms with Crippen LogP contribution in [0.25, 0.3) is 10.6 Å². The number of para-hydroxylation sites is 1. The lowest BCUT2D eigenvalue weighted by molar-refractivity contribution is -0.192. The summed E-state index contributed by atoms with van der Waals surface area (Å²) in [5.74, 6) is -3.81. The number of rotatable bonds is 11.